The average Bonchev–Trinajstić information content (AvgIpc) is 3.07. The van der Waals surface area contributed by atoms with Gasteiger partial charge in [0.25, 0.3) is 0 Å². The van der Waals surface area contributed by atoms with Crippen LogP contribution in [0.1, 0.15) is 16.9 Å². The maximum atomic E-state index is 12.3. The topological polar surface area (TPSA) is 129 Å². The van der Waals surface area contributed by atoms with Crippen molar-refractivity contribution in [1.29, 1.82) is 0 Å². The summed E-state index contributed by atoms with van der Waals surface area (Å²) < 4.78 is 30.3. The zero-order valence-electron chi connectivity index (χ0n) is 11.2. The number of carboxylic acid groups (broad SMARTS) is 1. The number of sulfonamides is 1. The summed E-state index contributed by atoms with van der Waals surface area (Å²) in [5, 5.41) is 11.3. The summed E-state index contributed by atoms with van der Waals surface area (Å²) in [6, 6.07) is 0.740. The number of carbonyl (C=O) groups is 2. The lowest BCUT2D eigenvalue weighted by Crippen LogP contribution is -2.38. The summed E-state index contributed by atoms with van der Waals surface area (Å²) in [6.07, 6.45) is 0.985. The number of aromatic nitrogens is 1. The molecule has 0 spiro atoms. The Morgan fingerprint density at radius 2 is 2.24 bits per heavy atom. The summed E-state index contributed by atoms with van der Waals surface area (Å²) >= 11 is 0. The number of rotatable bonds is 4. The molecule has 0 bridgehead atoms. The van der Waals surface area contributed by atoms with Crippen molar-refractivity contribution in [2.45, 2.75) is 17.4 Å². The van der Waals surface area contributed by atoms with Crippen LogP contribution in [0, 0.1) is 0 Å². The van der Waals surface area contributed by atoms with Crippen molar-refractivity contribution in [3.63, 3.8) is 0 Å². The van der Waals surface area contributed by atoms with Crippen LogP contribution in [0.4, 0.5) is 4.79 Å². The van der Waals surface area contributed by atoms with Gasteiger partial charge in [-0.25, -0.2) is 18.0 Å². The highest BCUT2D eigenvalue weighted by Gasteiger charge is 2.34. The lowest BCUT2D eigenvalue weighted by Gasteiger charge is -2.15. The Morgan fingerprint density at radius 3 is 2.81 bits per heavy atom. The van der Waals surface area contributed by atoms with Gasteiger partial charge in [0.15, 0.2) is 0 Å². The lowest BCUT2D eigenvalue weighted by atomic mass is 10.3. The maximum absolute atomic E-state index is 12.3. The molecule has 1 atom stereocenters. The first-order valence-electron chi connectivity index (χ1n) is 6.11. The van der Waals surface area contributed by atoms with E-state index in [1.165, 1.54) is 11.4 Å². The molecule has 2 rings (SSSR count). The standard InChI is InChI=1S/C11H15N3O6S/c1-20-11(17)13-7-2-3-14(6-7)21(18,19)8-4-9(10(15)16)12-5-8/h4-5,7,12H,2-3,6H2,1H3,(H,13,17)(H,15,16). The zero-order valence-corrected chi connectivity index (χ0v) is 12.0. The summed E-state index contributed by atoms with van der Waals surface area (Å²) in [7, 11) is -2.55. The van der Waals surface area contributed by atoms with E-state index in [0.29, 0.717) is 6.42 Å². The number of ether oxygens (including phenoxy) is 1. The number of nitrogens with zero attached hydrogens (tertiary/aromatic N) is 1. The van der Waals surface area contributed by atoms with Crippen molar-refractivity contribution in [1.82, 2.24) is 14.6 Å². The van der Waals surface area contributed by atoms with Gasteiger partial charge in [-0.3, -0.25) is 0 Å². The molecule has 1 aliphatic heterocycles. The Balaban J connectivity index is 2.10. The minimum absolute atomic E-state index is 0.112. The van der Waals surface area contributed by atoms with E-state index < -0.39 is 22.1 Å². The van der Waals surface area contributed by atoms with Crippen molar-refractivity contribution in [3.8, 4) is 0 Å². The predicted molar refractivity (Wildman–Crippen MR) is 70.5 cm³/mol. The molecule has 0 aromatic carbocycles. The number of aromatic amines is 1. The van der Waals surface area contributed by atoms with E-state index >= 15 is 0 Å². The fourth-order valence-electron chi connectivity index (χ4n) is 2.09. The molecule has 1 aromatic rings. The van der Waals surface area contributed by atoms with Crippen LogP contribution in [0.25, 0.3) is 0 Å². The molecular weight excluding hydrogens is 302 g/mol. The third-order valence-electron chi connectivity index (χ3n) is 3.18. The zero-order chi connectivity index (χ0) is 15.6. The van der Waals surface area contributed by atoms with Crippen molar-refractivity contribution in [2.75, 3.05) is 20.2 Å². The van der Waals surface area contributed by atoms with E-state index in [1.807, 2.05) is 0 Å². The van der Waals surface area contributed by atoms with E-state index in [4.69, 9.17) is 5.11 Å². The number of alkyl carbamates (subject to hydrolysis) is 1. The SMILES string of the molecule is COC(=O)NC1CCN(S(=O)(=O)c2c[nH]c(C(=O)O)c2)C1. The van der Waals surface area contributed by atoms with Gasteiger partial charge in [0.1, 0.15) is 10.6 Å². The third kappa shape index (κ3) is 3.16. The van der Waals surface area contributed by atoms with Gasteiger partial charge in [0.05, 0.1) is 7.11 Å². The third-order valence-corrected chi connectivity index (χ3v) is 5.03. The Kier molecular flexibility index (Phi) is 4.19. The van der Waals surface area contributed by atoms with Gasteiger partial charge in [-0.2, -0.15) is 4.31 Å². The first kappa shape index (κ1) is 15.3. The van der Waals surface area contributed by atoms with Crippen molar-refractivity contribution in [3.05, 3.63) is 18.0 Å². The number of carbonyl (C=O) groups excluding carboxylic acids is 1. The number of methoxy groups -OCH3 is 1. The summed E-state index contributed by atoms with van der Waals surface area (Å²) in [6.45, 7) is 0.357. The molecule has 2 heterocycles. The lowest BCUT2D eigenvalue weighted by molar-refractivity contribution is 0.0691. The van der Waals surface area contributed by atoms with E-state index in [9.17, 15) is 18.0 Å². The molecule has 3 N–H and O–H groups in total. The maximum Gasteiger partial charge on any atom is 0.407 e. The van der Waals surface area contributed by atoms with Crippen molar-refractivity contribution in [2.24, 2.45) is 0 Å². The molecule has 9 nitrogen and oxygen atoms in total. The molecule has 116 valence electrons. The minimum atomic E-state index is -3.78. The van der Waals surface area contributed by atoms with Gasteiger partial charge in [0, 0.05) is 25.3 Å². The smallest absolute Gasteiger partial charge is 0.407 e. The van der Waals surface area contributed by atoms with Gasteiger partial charge in [-0.15, -0.1) is 0 Å². The number of aromatic carboxylic acids is 1. The number of amides is 1. The van der Waals surface area contributed by atoms with Crippen LogP contribution in [0.15, 0.2) is 17.2 Å². The highest BCUT2D eigenvalue weighted by Crippen LogP contribution is 2.21. The largest absolute Gasteiger partial charge is 0.477 e. The molecule has 1 saturated heterocycles. The fourth-order valence-corrected chi connectivity index (χ4v) is 3.58. The Labute approximate surface area is 120 Å². The molecule has 0 radical (unpaired) electrons. The Bertz CT molecular complexity index is 653. The number of H-pyrrole nitrogens is 1. The van der Waals surface area contributed by atoms with Gasteiger partial charge < -0.3 is 20.1 Å². The van der Waals surface area contributed by atoms with Crippen LogP contribution in [-0.4, -0.2) is 61.1 Å². The van der Waals surface area contributed by atoms with E-state index in [2.05, 4.69) is 15.0 Å². The number of hydrogen-bond acceptors (Lipinski definition) is 5. The van der Waals surface area contributed by atoms with Gasteiger partial charge in [-0.1, -0.05) is 0 Å². The van der Waals surface area contributed by atoms with E-state index in [1.54, 1.807) is 0 Å². The Morgan fingerprint density at radius 1 is 1.52 bits per heavy atom. The quantitative estimate of drug-likeness (QED) is 0.707. The highest BCUT2D eigenvalue weighted by molar-refractivity contribution is 7.89. The normalized spacial score (nSPS) is 19.4. The van der Waals surface area contributed by atoms with E-state index in [-0.39, 0.29) is 29.7 Å². The predicted octanol–water partition coefficient (Wildman–Crippen LogP) is -0.168. The van der Waals surface area contributed by atoms with Crippen molar-refractivity contribution < 1.29 is 27.9 Å². The molecule has 1 amide bonds. The second-order valence-corrected chi connectivity index (χ2v) is 6.48. The first-order valence-corrected chi connectivity index (χ1v) is 7.55. The van der Waals surface area contributed by atoms with Crippen molar-refractivity contribution >= 4 is 22.1 Å². The van der Waals surface area contributed by atoms with Crippen LogP contribution in [0.2, 0.25) is 0 Å². The molecule has 21 heavy (non-hydrogen) atoms. The van der Waals surface area contributed by atoms with Crippen LogP contribution >= 0.6 is 0 Å². The van der Waals surface area contributed by atoms with Gasteiger partial charge >= 0.3 is 12.1 Å². The summed E-state index contributed by atoms with van der Waals surface area (Å²) in [5.74, 6) is -1.23. The van der Waals surface area contributed by atoms with Gasteiger partial charge in [-0.05, 0) is 12.5 Å². The minimum Gasteiger partial charge on any atom is -0.477 e. The highest BCUT2D eigenvalue weighted by atomic mass is 32.2. The second-order valence-electron chi connectivity index (χ2n) is 4.54. The molecule has 0 saturated carbocycles. The van der Waals surface area contributed by atoms with Crippen LogP contribution in [-0.2, 0) is 14.8 Å². The first-order chi connectivity index (χ1) is 9.84. The molecule has 10 heteroatoms. The number of nitrogens with one attached hydrogen (secondary N) is 2. The number of carboxylic acids is 1. The molecule has 1 unspecified atom stereocenters. The molecule has 1 aliphatic rings. The second kappa shape index (κ2) is 5.74. The van der Waals surface area contributed by atoms with E-state index in [0.717, 1.165) is 12.3 Å². The number of hydrogen-bond donors (Lipinski definition) is 3. The molecule has 1 aromatic heterocycles. The molecular formula is C11H15N3O6S. The van der Waals surface area contributed by atoms with Crippen LogP contribution in [0.5, 0.6) is 0 Å². The van der Waals surface area contributed by atoms with Gasteiger partial charge in [0.2, 0.25) is 10.0 Å². The molecule has 0 aliphatic carbocycles. The van der Waals surface area contributed by atoms with Crippen LogP contribution in [0.3, 0.4) is 0 Å². The Hall–Kier alpha value is -2.07. The van der Waals surface area contributed by atoms with Crippen LogP contribution < -0.4 is 5.32 Å². The summed E-state index contributed by atoms with van der Waals surface area (Å²) in [4.78, 5) is 24.1. The molecule has 1 fully saturated rings. The fraction of sp³-hybridized carbons (Fsp3) is 0.455. The average molecular weight is 317 g/mol. The monoisotopic (exact) mass is 317 g/mol. The summed E-state index contributed by atoms with van der Waals surface area (Å²) in [5.41, 5.74) is -0.197.